The molecular formula is C10H13N3O3. The van der Waals surface area contributed by atoms with Crippen LogP contribution in [0.25, 0.3) is 0 Å². The fraction of sp³-hybridized carbons (Fsp3) is 0.200. The molecule has 0 aromatic heterocycles. The number of carbonyl (C=O) groups excluding carboxylic acids is 1. The topological polar surface area (TPSA) is 118 Å². The highest BCUT2D eigenvalue weighted by Crippen LogP contribution is 2.20. The van der Waals surface area contributed by atoms with Gasteiger partial charge in [0.15, 0.2) is 0 Å². The van der Waals surface area contributed by atoms with E-state index in [2.05, 4.69) is 5.32 Å². The maximum atomic E-state index is 10.8. The predicted octanol–water partition coefficient (Wildman–Crippen LogP) is 0.253. The first-order valence-electron chi connectivity index (χ1n) is 4.60. The molecule has 0 spiro atoms. The van der Waals surface area contributed by atoms with Crippen molar-refractivity contribution in [2.24, 2.45) is 5.73 Å². The molecule has 6 heteroatoms. The number of benzene rings is 1. The number of nitrogen functional groups attached to an aromatic ring is 1. The van der Waals surface area contributed by atoms with E-state index >= 15 is 0 Å². The minimum atomic E-state index is -1.06. The Kier molecular flexibility index (Phi) is 3.34. The summed E-state index contributed by atoms with van der Waals surface area (Å²) in [6, 6.07) is 3.58. The van der Waals surface area contributed by atoms with E-state index in [1.54, 1.807) is 6.92 Å². The lowest BCUT2D eigenvalue weighted by atomic mass is 10.1. The van der Waals surface area contributed by atoms with Crippen molar-refractivity contribution in [3.05, 3.63) is 23.8 Å². The Morgan fingerprint density at radius 1 is 1.44 bits per heavy atom. The van der Waals surface area contributed by atoms with E-state index in [1.807, 2.05) is 0 Å². The summed E-state index contributed by atoms with van der Waals surface area (Å²) in [6.45, 7) is 1.56. The molecule has 0 radical (unpaired) electrons. The largest absolute Gasteiger partial charge is 0.478 e. The Labute approximate surface area is 92.2 Å². The first-order chi connectivity index (χ1) is 7.41. The number of nitrogens with two attached hydrogens (primary N) is 2. The van der Waals surface area contributed by atoms with Gasteiger partial charge in [-0.25, -0.2) is 4.79 Å². The van der Waals surface area contributed by atoms with E-state index in [9.17, 15) is 9.59 Å². The minimum Gasteiger partial charge on any atom is -0.478 e. The third-order valence-electron chi connectivity index (χ3n) is 2.10. The van der Waals surface area contributed by atoms with Crippen LogP contribution in [0.3, 0.4) is 0 Å². The van der Waals surface area contributed by atoms with Crippen LogP contribution < -0.4 is 16.8 Å². The Balaban J connectivity index is 2.98. The number of rotatable bonds is 4. The van der Waals surface area contributed by atoms with Crippen molar-refractivity contribution < 1.29 is 14.7 Å². The highest BCUT2D eigenvalue weighted by Gasteiger charge is 2.12. The van der Waals surface area contributed by atoms with Crippen molar-refractivity contribution in [3.8, 4) is 0 Å². The number of amides is 1. The van der Waals surface area contributed by atoms with Gasteiger partial charge in [-0.1, -0.05) is 0 Å². The molecule has 1 aromatic carbocycles. The maximum absolute atomic E-state index is 10.8. The molecule has 1 aromatic rings. The summed E-state index contributed by atoms with van der Waals surface area (Å²) in [5.74, 6) is -1.60. The normalized spacial score (nSPS) is 11.8. The van der Waals surface area contributed by atoms with Crippen LogP contribution in [0.5, 0.6) is 0 Å². The van der Waals surface area contributed by atoms with Gasteiger partial charge in [-0.2, -0.15) is 0 Å². The molecule has 0 saturated carbocycles. The maximum Gasteiger partial charge on any atom is 0.335 e. The standard InChI is InChI=1S/C10H13N3O3/c1-5(9(12)14)13-8-4-6(10(15)16)2-3-7(8)11/h2-5,13H,11H2,1H3,(H2,12,14)(H,15,16). The van der Waals surface area contributed by atoms with Gasteiger partial charge in [-0.15, -0.1) is 0 Å². The summed E-state index contributed by atoms with van der Waals surface area (Å²) in [6.07, 6.45) is 0. The number of aromatic carboxylic acids is 1. The van der Waals surface area contributed by atoms with E-state index in [0.29, 0.717) is 11.4 Å². The summed E-state index contributed by atoms with van der Waals surface area (Å²) in [7, 11) is 0. The lowest BCUT2D eigenvalue weighted by Crippen LogP contribution is -2.32. The van der Waals surface area contributed by atoms with Crippen molar-refractivity contribution in [1.82, 2.24) is 0 Å². The second-order valence-electron chi connectivity index (χ2n) is 3.38. The van der Waals surface area contributed by atoms with Crippen molar-refractivity contribution in [2.75, 3.05) is 11.1 Å². The molecule has 1 rings (SSSR count). The lowest BCUT2D eigenvalue weighted by Gasteiger charge is -2.14. The SMILES string of the molecule is CC(Nc1cc(C(=O)O)ccc1N)C(N)=O. The number of carboxylic acid groups (broad SMARTS) is 1. The fourth-order valence-electron chi connectivity index (χ4n) is 1.12. The van der Waals surface area contributed by atoms with Gasteiger partial charge in [0.2, 0.25) is 5.91 Å². The molecule has 6 nitrogen and oxygen atoms in total. The number of nitrogens with one attached hydrogen (secondary N) is 1. The van der Waals surface area contributed by atoms with Crippen molar-refractivity contribution in [2.45, 2.75) is 13.0 Å². The summed E-state index contributed by atoms with van der Waals surface area (Å²) < 4.78 is 0. The molecule has 16 heavy (non-hydrogen) atoms. The molecule has 86 valence electrons. The van der Waals surface area contributed by atoms with Crippen LogP contribution in [-0.4, -0.2) is 23.0 Å². The van der Waals surface area contributed by atoms with Gasteiger partial charge >= 0.3 is 5.97 Å². The Bertz CT molecular complexity index is 431. The molecule has 0 aliphatic rings. The van der Waals surface area contributed by atoms with Crippen molar-refractivity contribution in [1.29, 1.82) is 0 Å². The smallest absolute Gasteiger partial charge is 0.335 e. The van der Waals surface area contributed by atoms with Crippen LogP contribution in [0.15, 0.2) is 18.2 Å². The van der Waals surface area contributed by atoms with Crippen molar-refractivity contribution >= 4 is 23.3 Å². The molecule has 6 N–H and O–H groups in total. The molecule has 0 aliphatic carbocycles. The minimum absolute atomic E-state index is 0.0911. The van der Waals surface area contributed by atoms with Gasteiger partial charge in [0.25, 0.3) is 0 Å². The monoisotopic (exact) mass is 223 g/mol. The van der Waals surface area contributed by atoms with E-state index in [1.165, 1.54) is 18.2 Å². The van der Waals surface area contributed by atoms with Crippen LogP contribution in [-0.2, 0) is 4.79 Å². The van der Waals surface area contributed by atoms with Gasteiger partial charge in [0.05, 0.1) is 16.9 Å². The van der Waals surface area contributed by atoms with Crippen LogP contribution in [0.2, 0.25) is 0 Å². The third kappa shape index (κ3) is 2.63. The number of hydrogen-bond donors (Lipinski definition) is 4. The molecule has 1 unspecified atom stereocenters. The second-order valence-corrected chi connectivity index (χ2v) is 3.38. The second kappa shape index (κ2) is 4.52. The van der Waals surface area contributed by atoms with Gasteiger partial charge in [0.1, 0.15) is 6.04 Å². The zero-order valence-corrected chi connectivity index (χ0v) is 8.73. The fourth-order valence-corrected chi connectivity index (χ4v) is 1.12. The average Bonchev–Trinajstić information content (AvgIpc) is 2.20. The molecule has 0 saturated heterocycles. The van der Waals surface area contributed by atoms with Crippen LogP contribution >= 0.6 is 0 Å². The summed E-state index contributed by atoms with van der Waals surface area (Å²) in [5, 5.41) is 11.5. The number of anilines is 2. The van der Waals surface area contributed by atoms with E-state index in [4.69, 9.17) is 16.6 Å². The Morgan fingerprint density at radius 2 is 2.06 bits per heavy atom. The predicted molar refractivity (Wildman–Crippen MR) is 60.1 cm³/mol. The van der Waals surface area contributed by atoms with E-state index < -0.39 is 17.9 Å². The Hall–Kier alpha value is -2.24. The zero-order valence-electron chi connectivity index (χ0n) is 8.73. The van der Waals surface area contributed by atoms with E-state index in [-0.39, 0.29) is 5.56 Å². The quantitative estimate of drug-likeness (QED) is 0.546. The highest BCUT2D eigenvalue weighted by molar-refractivity contribution is 5.91. The van der Waals surface area contributed by atoms with Crippen LogP contribution in [0.1, 0.15) is 17.3 Å². The van der Waals surface area contributed by atoms with Gasteiger partial charge < -0.3 is 21.9 Å². The van der Waals surface area contributed by atoms with Crippen LogP contribution in [0, 0.1) is 0 Å². The summed E-state index contributed by atoms with van der Waals surface area (Å²) in [4.78, 5) is 21.6. The van der Waals surface area contributed by atoms with Gasteiger partial charge in [-0.3, -0.25) is 4.79 Å². The Morgan fingerprint density at radius 3 is 2.56 bits per heavy atom. The summed E-state index contributed by atoms with van der Waals surface area (Å²) >= 11 is 0. The number of primary amides is 1. The molecule has 1 atom stereocenters. The third-order valence-corrected chi connectivity index (χ3v) is 2.10. The molecule has 1 amide bonds. The zero-order chi connectivity index (χ0) is 12.3. The summed E-state index contributed by atoms with van der Waals surface area (Å²) in [5.41, 5.74) is 11.5. The molecular weight excluding hydrogens is 210 g/mol. The molecule has 0 aliphatic heterocycles. The number of carbonyl (C=O) groups is 2. The first kappa shape index (κ1) is 11.8. The van der Waals surface area contributed by atoms with E-state index in [0.717, 1.165) is 0 Å². The van der Waals surface area contributed by atoms with Crippen molar-refractivity contribution in [3.63, 3.8) is 0 Å². The van der Waals surface area contributed by atoms with Gasteiger partial charge in [0, 0.05) is 0 Å². The average molecular weight is 223 g/mol. The molecule has 0 bridgehead atoms. The molecule has 0 heterocycles. The molecule has 0 fully saturated rings. The number of hydrogen-bond acceptors (Lipinski definition) is 4. The first-order valence-corrected chi connectivity index (χ1v) is 4.60. The number of carboxylic acids is 1. The lowest BCUT2D eigenvalue weighted by molar-refractivity contribution is -0.118. The highest BCUT2D eigenvalue weighted by atomic mass is 16.4. The van der Waals surface area contributed by atoms with Gasteiger partial charge in [-0.05, 0) is 25.1 Å². The van der Waals surface area contributed by atoms with Crippen LogP contribution in [0.4, 0.5) is 11.4 Å².